The minimum Gasteiger partial charge on any atom is -0.497 e. The van der Waals surface area contributed by atoms with Crippen LogP contribution in [0.2, 0.25) is 0 Å². The molecular formula is C20H18N2O4S. The Morgan fingerprint density at radius 3 is 2.44 bits per heavy atom. The van der Waals surface area contributed by atoms with Crippen LogP contribution in [0.3, 0.4) is 0 Å². The molecule has 1 amide bonds. The standard InChI is InChI=1S/C20H18N2O4S/c1-4-11-22-17-10-9-16(25-3)12-18(17)27-20(22)21-19(23)13-26-15-7-5-14(24-2)6-8-15/h1,5-10,12H,11,13H2,2-3H3. The average Bonchev–Trinajstić information content (AvgIpc) is 3.03. The lowest BCUT2D eigenvalue weighted by molar-refractivity contribution is -0.120. The highest BCUT2D eigenvalue weighted by Crippen LogP contribution is 2.23. The van der Waals surface area contributed by atoms with Crippen LogP contribution in [0, 0.1) is 12.3 Å². The van der Waals surface area contributed by atoms with Crippen molar-refractivity contribution < 1.29 is 19.0 Å². The molecule has 6 nitrogen and oxygen atoms in total. The van der Waals surface area contributed by atoms with Crippen molar-refractivity contribution in [3.05, 3.63) is 47.3 Å². The molecule has 0 fully saturated rings. The van der Waals surface area contributed by atoms with Gasteiger partial charge in [-0.3, -0.25) is 4.79 Å². The van der Waals surface area contributed by atoms with Crippen LogP contribution in [-0.2, 0) is 11.3 Å². The smallest absolute Gasteiger partial charge is 0.286 e. The number of fused-ring (bicyclic) bond motifs is 1. The fraction of sp³-hybridized carbons (Fsp3) is 0.200. The minimum absolute atomic E-state index is 0.167. The monoisotopic (exact) mass is 382 g/mol. The fourth-order valence-corrected chi connectivity index (χ4v) is 3.54. The normalized spacial score (nSPS) is 11.2. The molecule has 1 aromatic heterocycles. The molecule has 0 aliphatic rings. The van der Waals surface area contributed by atoms with Crippen molar-refractivity contribution in [3.63, 3.8) is 0 Å². The van der Waals surface area contributed by atoms with Crippen molar-refractivity contribution in [2.45, 2.75) is 6.54 Å². The topological polar surface area (TPSA) is 62.1 Å². The van der Waals surface area contributed by atoms with E-state index < -0.39 is 5.91 Å². The van der Waals surface area contributed by atoms with Gasteiger partial charge >= 0.3 is 0 Å². The number of methoxy groups -OCH3 is 2. The lowest BCUT2D eigenvalue weighted by atomic mass is 10.3. The number of rotatable bonds is 6. The van der Waals surface area contributed by atoms with Gasteiger partial charge in [0, 0.05) is 0 Å². The summed E-state index contributed by atoms with van der Waals surface area (Å²) >= 11 is 1.38. The van der Waals surface area contributed by atoms with E-state index in [2.05, 4.69) is 10.9 Å². The summed E-state index contributed by atoms with van der Waals surface area (Å²) in [6, 6.07) is 12.6. The van der Waals surface area contributed by atoms with E-state index in [1.807, 2.05) is 22.8 Å². The van der Waals surface area contributed by atoms with Crippen LogP contribution in [0.1, 0.15) is 0 Å². The molecule has 0 radical (unpaired) electrons. The highest BCUT2D eigenvalue weighted by Gasteiger charge is 2.09. The molecule has 0 saturated carbocycles. The maximum Gasteiger partial charge on any atom is 0.286 e. The van der Waals surface area contributed by atoms with Crippen molar-refractivity contribution in [2.75, 3.05) is 20.8 Å². The van der Waals surface area contributed by atoms with Gasteiger partial charge in [0.2, 0.25) is 0 Å². The van der Waals surface area contributed by atoms with Gasteiger partial charge in [-0.1, -0.05) is 17.3 Å². The van der Waals surface area contributed by atoms with Crippen LogP contribution in [0.5, 0.6) is 17.2 Å². The van der Waals surface area contributed by atoms with Crippen molar-refractivity contribution in [1.82, 2.24) is 4.57 Å². The molecule has 1 heterocycles. The zero-order valence-electron chi connectivity index (χ0n) is 15.0. The van der Waals surface area contributed by atoms with Crippen molar-refractivity contribution in [2.24, 2.45) is 4.99 Å². The van der Waals surface area contributed by atoms with E-state index >= 15 is 0 Å². The second-order valence-corrected chi connectivity index (χ2v) is 6.49. The second-order valence-electron chi connectivity index (χ2n) is 5.48. The van der Waals surface area contributed by atoms with Gasteiger partial charge in [0.25, 0.3) is 5.91 Å². The Hall–Kier alpha value is -3.24. The zero-order chi connectivity index (χ0) is 19.2. The Balaban J connectivity index is 1.83. The molecule has 0 saturated heterocycles. The number of aromatic nitrogens is 1. The largest absolute Gasteiger partial charge is 0.497 e. The summed E-state index contributed by atoms with van der Waals surface area (Å²) in [5.41, 5.74) is 0.904. The maximum atomic E-state index is 12.3. The molecule has 0 atom stereocenters. The predicted molar refractivity (Wildman–Crippen MR) is 104 cm³/mol. The van der Waals surface area contributed by atoms with Crippen LogP contribution in [0.15, 0.2) is 47.5 Å². The molecule has 7 heteroatoms. The lowest BCUT2D eigenvalue weighted by Crippen LogP contribution is -2.19. The van der Waals surface area contributed by atoms with E-state index in [0.717, 1.165) is 21.7 Å². The van der Waals surface area contributed by atoms with Gasteiger partial charge in [0.15, 0.2) is 11.4 Å². The highest BCUT2D eigenvalue weighted by molar-refractivity contribution is 7.16. The van der Waals surface area contributed by atoms with E-state index in [4.69, 9.17) is 20.6 Å². The molecule has 0 N–H and O–H groups in total. The first kappa shape index (κ1) is 18.5. The number of amides is 1. The number of terminal acetylenes is 1. The number of ether oxygens (including phenoxy) is 3. The molecule has 2 aromatic carbocycles. The van der Waals surface area contributed by atoms with Gasteiger partial charge in [0.1, 0.15) is 17.2 Å². The van der Waals surface area contributed by atoms with Gasteiger partial charge in [-0.15, -0.1) is 6.42 Å². The van der Waals surface area contributed by atoms with Gasteiger partial charge in [-0.25, -0.2) is 0 Å². The highest BCUT2D eigenvalue weighted by atomic mass is 32.1. The Labute approximate surface area is 160 Å². The Morgan fingerprint density at radius 2 is 1.78 bits per heavy atom. The number of carbonyl (C=O) groups excluding carboxylic acids is 1. The van der Waals surface area contributed by atoms with Crippen LogP contribution < -0.4 is 19.0 Å². The van der Waals surface area contributed by atoms with Crippen molar-refractivity contribution in [3.8, 4) is 29.6 Å². The van der Waals surface area contributed by atoms with Gasteiger partial charge < -0.3 is 18.8 Å². The van der Waals surface area contributed by atoms with Crippen LogP contribution >= 0.6 is 11.3 Å². The summed E-state index contributed by atoms with van der Waals surface area (Å²) in [4.78, 5) is 17.0. The molecular weight excluding hydrogens is 364 g/mol. The van der Waals surface area contributed by atoms with Gasteiger partial charge in [-0.2, -0.15) is 4.99 Å². The third-order valence-corrected chi connectivity index (χ3v) is 4.82. The SMILES string of the molecule is C#CCn1c(=NC(=O)COc2ccc(OC)cc2)sc2cc(OC)ccc21. The average molecular weight is 382 g/mol. The predicted octanol–water partition coefficient (Wildman–Crippen LogP) is 2.86. The van der Waals surface area contributed by atoms with Gasteiger partial charge in [0.05, 0.1) is 31.0 Å². The number of benzene rings is 2. The minimum atomic E-state index is -0.393. The molecule has 0 aliphatic heterocycles. The summed E-state index contributed by atoms with van der Waals surface area (Å²) < 4.78 is 18.6. The van der Waals surface area contributed by atoms with Crippen LogP contribution in [0.4, 0.5) is 0 Å². The number of carbonyl (C=O) groups is 1. The first-order chi connectivity index (χ1) is 13.1. The number of nitrogens with zero attached hydrogens (tertiary/aromatic N) is 2. The third-order valence-electron chi connectivity index (χ3n) is 3.78. The second kappa shape index (κ2) is 8.43. The van der Waals surface area contributed by atoms with E-state index in [9.17, 15) is 4.79 Å². The van der Waals surface area contributed by atoms with Crippen LogP contribution in [-0.4, -0.2) is 31.3 Å². The number of hydrogen-bond donors (Lipinski definition) is 0. The summed E-state index contributed by atoms with van der Waals surface area (Å²) in [7, 11) is 3.19. The lowest BCUT2D eigenvalue weighted by Gasteiger charge is -2.04. The summed E-state index contributed by atoms with van der Waals surface area (Å²) in [5.74, 6) is 4.22. The van der Waals surface area contributed by atoms with E-state index in [0.29, 0.717) is 17.1 Å². The summed E-state index contributed by atoms with van der Waals surface area (Å²) in [6.45, 7) is 0.151. The third kappa shape index (κ3) is 4.30. The van der Waals surface area contributed by atoms with Crippen molar-refractivity contribution in [1.29, 1.82) is 0 Å². The van der Waals surface area contributed by atoms with Crippen molar-refractivity contribution >= 4 is 27.5 Å². The van der Waals surface area contributed by atoms with Gasteiger partial charge in [-0.05, 0) is 42.5 Å². The molecule has 0 spiro atoms. The maximum absolute atomic E-state index is 12.3. The number of thiazole rings is 1. The fourth-order valence-electron chi connectivity index (χ4n) is 2.47. The van der Waals surface area contributed by atoms with E-state index in [-0.39, 0.29) is 6.61 Å². The number of hydrogen-bond acceptors (Lipinski definition) is 5. The van der Waals surface area contributed by atoms with E-state index in [1.54, 1.807) is 38.5 Å². The molecule has 0 aliphatic carbocycles. The molecule has 3 rings (SSSR count). The Morgan fingerprint density at radius 1 is 1.11 bits per heavy atom. The first-order valence-electron chi connectivity index (χ1n) is 8.10. The Kier molecular flexibility index (Phi) is 5.79. The molecule has 0 bridgehead atoms. The molecule has 138 valence electrons. The zero-order valence-corrected chi connectivity index (χ0v) is 15.8. The summed E-state index contributed by atoms with van der Waals surface area (Å²) in [5, 5.41) is 0. The Bertz CT molecular complexity index is 1060. The molecule has 0 unspecified atom stereocenters. The molecule has 27 heavy (non-hydrogen) atoms. The van der Waals surface area contributed by atoms with E-state index in [1.165, 1.54) is 11.3 Å². The quantitative estimate of drug-likeness (QED) is 0.615. The summed E-state index contributed by atoms with van der Waals surface area (Å²) in [6.07, 6.45) is 5.47. The van der Waals surface area contributed by atoms with Crippen LogP contribution in [0.25, 0.3) is 10.2 Å². The molecule has 3 aromatic rings. The first-order valence-corrected chi connectivity index (χ1v) is 8.91.